The summed E-state index contributed by atoms with van der Waals surface area (Å²) in [5.41, 5.74) is 10.9. The number of ether oxygens (including phenoxy) is 1. The van der Waals surface area contributed by atoms with Crippen molar-refractivity contribution in [2.75, 3.05) is 23.8 Å². The van der Waals surface area contributed by atoms with E-state index in [1.807, 2.05) is 19.1 Å². The van der Waals surface area contributed by atoms with E-state index in [0.717, 1.165) is 32.6 Å². The lowest BCUT2D eigenvalue weighted by atomic mass is 10.0. The van der Waals surface area contributed by atoms with Gasteiger partial charge < -0.3 is 15.4 Å². The van der Waals surface area contributed by atoms with E-state index in [-0.39, 0.29) is 5.97 Å². The summed E-state index contributed by atoms with van der Waals surface area (Å²) in [6, 6.07) is 8.26. The summed E-state index contributed by atoms with van der Waals surface area (Å²) in [6.45, 7) is 5.42. The predicted octanol–water partition coefficient (Wildman–Crippen LogP) is 3.80. The van der Waals surface area contributed by atoms with Crippen molar-refractivity contribution in [3.8, 4) is 6.07 Å². The molecule has 6 nitrogen and oxygen atoms in total. The Hall–Kier alpha value is -3.11. The number of hydrogen-bond donors (Lipinski definition) is 1. The van der Waals surface area contributed by atoms with Gasteiger partial charge >= 0.3 is 5.97 Å². The van der Waals surface area contributed by atoms with Crippen molar-refractivity contribution >= 4 is 38.9 Å². The summed E-state index contributed by atoms with van der Waals surface area (Å²) in [4.78, 5) is 20.4. The minimum absolute atomic E-state index is 0.307. The van der Waals surface area contributed by atoms with Crippen LogP contribution in [0.5, 0.6) is 0 Å². The molecule has 0 fully saturated rings. The summed E-state index contributed by atoms with van der Waals surface area (Å²) in [5, 5.41) is 10.9. The highest BCUT2D eigenvalue weighted by Gasteiger charge is 2.28. The van der Waals surface area contributed by atoms with Crippen LogP contribution in [0.2, 0.25) is 0 Å². The molecule has 0 spiro atoms. The molecule has 3 heterocycles. The highest BCUT2D eigenvalue weighted by atomic mass is 32.1. The molecule has 0 radical (unpaired) electrons. The molecule has 2 aromatic heterocycles. The highest BCUT2D eigenvalue weighted by molar-refractivity contribution is 7.16. The molecule has 0 saturated heterocycles. The molecule has 28 heavy (non-hydrogen) atoms. The zero-order valence-corrected chi connectivity index (χ0v) is 16.6. The van der Waals surface area contributed by atoms with Gasteiger partial charge in [0, 0.05) is 23.0 Å². The van der Waals surface area contributed by atoms with E-state index in [0.29, 0.717) is 42.2 Å². The van der Waals surface area contributed by atoms with Crippen molar-refractivity contribution in [2.24, 2.45) is 0 Å². The lowest BCUT2D eigenvalue weighted by Gasteiger charge is -2.31. The Labute approximate surface area is 167 Å². The minimum Gasteiger partial charge on any atom is -0.462 e. The molecule has 0 saturated carbocycles. The van der Waals surface area contributed by atoms with Crippen molar-refractivity contribution in [1.82, 2.24) is 4.98 Å². The van der Waals surface area contributed by atoms with Crippen LogP contribution < -0.4 is 10.6 Å². The fraction of sp³-hybridized carbons (Fsp3) is 0.286. The maximum atomic E-state index is 12.6. The van der Waals surface area contributed by atoms with E-state index in [1.165, 1.54) is 11.3 Å². The second-order valence-electron chi connectivity index (χ2n) is 6.79. The second-order valence-corrected chi connectivity index (χ2v) is 7.92. The molecule has 7 heteroatoms. The Kier molecular flexibility index (Phi) is 4.65. The van der Waals surface area contributed by atoms with Crippen LogP contribution in [0.15, 0.2) is 24.4 Å². The van der Waals surface area contributed by atoms with Gasteiger partial charge in [-0.15, -0.1) is 11.3 Å². The third-order valence-corrected chi connectivity index (χ3v) is 6.05. The molecule has 4 rings (SSSR count). The summed E-state index contributed by atoms with van der Waals surface area (Å²) >= 11 is 1.45. The molecule has 2 N–H and O–H groups in total. The normalized spacial score (nSPS) is 13.2. The van der Waals surface area contributed by atoms with Crippen LogP contribution in [0, 0.1) is 18.3 Å². The van der Waals surface area contributed by atoms with Gasteiger partial charge in [-0.25, -0.2) is 4.79 Å². The summed E-state index contributed by atoms with van der Waals surface area (Å²) < 4.78 is 5.28. The van der Waals surface area contributed by atoms with Gasteiger partial charge in [-0.2, -0.15) is 5.26 Å². The largest absolute Gasteiger partial charge is 0.462 e. The fourth-order valence-corrected chi connectivity index (χ4v) is 4.81. The Morgan fingerprint density at radius 1 is 1.46 bits per heavy atom. The van der Waals surface area contributed by atoms with Gasteiger partial charge in [0.1, 0.15) is 16.6 Å². The smallest absolute Gasteiger partial charge is 0.341 e. The van der Waals surface area contributed by atoms with Gasteiger partial charge in [0.05, 0.1) is 29.9 Å². The molecule has 0 unspecified atom stereocenters. The maximum absolute atomic E-state index is 12.6. The van der Waals surface area contributed by atoms with E-state index >= 15 is 0 Å². The van der Waals surface area contributed by atoms with Crippen molar-refractivity contribution in [3.05, 3.63) is 51.5 Å². The molecule has 1 aliphatic rings. The second kappa shape index (κ2) is 7.13. The first-order valence-corrected chi connectivity index (χ1v) is 9.96. The lowest BCUT2D eigenvalue weighted by Crippen LogP contribution is -2.31. The number of aromatic nitrogens is 1. The molecule has 0 aliphatic carbocycles. The lowest BCUT2D eigenvalue weighted by molar-refractivity contribution is 0.0526. The van der Waals surface area contributed by atoms with Gasteiger partial charge in [-0.3, -0.25) is 4.98 Å². The third kappa shape index (κ3) is 2.96. The first-order valence-electron chi connectivity index (χ1n) is 9.15. The fourth-order valence-electron chi connectivity index (χ4n) is 3.73. The van der Waals surface area contributed by atoms with Gasteiger partial charge in [-0.05, 0) is 38.0 Å². The number of fused-ring (bicyclic) bond motifs is 2. The Balaban J connectivity index is 1.86. The average Bonchev–Trinajstić information content (AvgIpc) is 3.01. The van der Waals surface area contributed by atoms with Crippen LogP contribution in [-0.4, -0.2) is 24.1 Å². The number of carbonyl (C=O) groups excluding carboxylic acids is 1. The predicted molar refractivity (Wildman–Crippen MR) is 111 cm³/mol. The van der Waals surface area contributed by atoms with Crippen LogP contribution in [0.4, 0.5) is 10.7 Å². The quantitative estimate of drug-likeness (QED) is 0.682. The van der Waals surface area contributed by atoms with Gasteiger partial charge in [0.25, 0.3) is 0 Å². The van der Waals surface area contributed by atoms with Crippen LogP contribution in [-0.2, 0) is 17.7 Å². The number of pyridine rings is 1. The number of rotatable bonds is 3. The average molecular weight is 392 g/mol. The molecule has 1 aliphatic heterocycles. The Morgan fingerprint density at radius 3 is 3.04 bits per heavy atom. The number of anilines is 2. The number of benzene rings is 1. The summed E-state index contributed by atoms with van der Waals surface area (Å²) in [6.07, 6.45) is 2.31. The van der Waals surface area contributed by atoms with E-state index < -0.39 is 0 Å². The molecular formula is C21H20N4O2S. The molecule has 142 valence electrons. The van der Waals surface area contributed by atoms with Gasteiger partial charge in [0.2, 0.25) is 0 Å². The molecule has 0 bridgehead atoms. The number of aryl methyl sites for hydroxylation is 1. The minimum atomic E-state index is -0.373. The number of nitrogens with two attached hydrogens (primary N) is 1. The van der Waals surface area contributed by atoms with E-state index in [1.54, 1.807) is 13.1 Å². The highest BCUT2D eigenvalue weighted by Crippen LogP contribution is 2.39. The van der Waals surface area contributed by atoms with E-state index in [4.69, 9.17) is 10.5 Å². The van der Waals surface area contributed by atoms with Gasteiger partial charge in [0.15, 0.2) is 0 Å². The molecule has 3 aromatic rings. The molecule has 0 amide bonds. The summed E-state index contributed by atoms with van der Waals surface area (Å²) in [7, 11) is 0. The first-order chi connectivity index (χ1) is 13.5. The molecular weight excluding hydrogens is 372 g/mol. The topological polar surface area (TPSA) is 92.2 Å². The Morgan fingerprint density at radius 2 is 2.29 bits per heavy atom. The number of thiophene rings is 1. The number of carbonyl (C=O) groups is 1. The number of nitrogens with zero attached hydrogens (tertiary/aromatic N) is 3. The SMILES string of the molecule is CCOC(=O)c1cnc2ccc(C)cc2c1N1CCc2c(sc(N)c2C#N)C1. The zero-order chi connectivity index (χ0) is 19.8. The summed E-state index contributed by atoms with van der Waals surface area (Å²) in [5.74, 6) is -0.373. The molecule has 0 atom stereocenters. The van der Waals surface area contributed by atoms with Crippen molar-refractivity contribution in [1.29, 1.82) is 5.26 Å². The van der Waals surface area contributed by atoms with Gasteiger partial charge in [-0.1, -0.05) is 11.6 Å². The number of nitriles is 1. The van der Waals surface area contributed by atoms with Crippen molar-refractivity contribution in [3.63, 3.8) is 0 Å². The van der Waals surface area contributed by atoms with E-state index in [9.17, 15) is 10.1 Å². The molecule has 1 aromatic carbocycles. The number of esters is 1. The van der Waals surface area contributed by atoms with Crippen LogP contribution in [0.3, 0.4) is 0 Å². The van der Waals surface area contributed by atoms with Crippen molar-refractivity contribution in [2.45, 2.75) is 26.8 Å². The standard InChI is InChI=1S/C21H20N4O2S/c1-3-27-21(26)16-10-24-17-5-4-12(2)8-14(17)19(16)25-7-6-13-15(9-22)20(23)28-18(13)11-25/h4-5,8,10H,3,6-7,11,23H2,1-2H3. The van der Waals surface area contributed by atoms with Crippen LogP contribution in [0.25, 0.3) is 10.9 Å². The number of hydrogen-bond acceptors (Lipinski definition) is 7. The number of nitrogen functional groups attached to an aromatic ring is 1. The monoisotopic (exact) mass is 392 g/mol. The Bertz CT molecular complexity index is 1130. The first kappa shape index (κ1) is 18.3. The van der Waals surface area contributed by atoms with Crippen molar-refractivity contribution < 1.29 is 9.53 Å². The zero-order valence-electron chi connectivity index (χ0n) is 15.8. The maximum Gasteiger partial charge on any atom is 0.341 e. The third-order valence-electron chi connectivity index (χ3n) is 5.00. The van der Waals surface area contributed by atoms with Crippen LogP contribution >= 0.6 is 11.3 Å². The van der Waals surface area contributed by atoms with E-state index in [2.05, 4.69) is 22.0 Å². The van der Waals surface area contributed by atoms with Crippen LogP contribution in [0.1, 0.15) is 38.8 Å².